The summed E-state index contributed by atoms with van der Waals surface area (Å²) in [5.41, 5.74) is 1.44. The molecule has 3 rings (SSSR count). The predicted octanol–water partition coefficient (Wildman–Crippen LogP) is 3.27. The van der Waals surface area contributed by atoms with E-state index in [1.165, 1.54) is 0 Å². The Balaban J connectivity index is 1.63. The molecule has 1 aliphatic rings. The fraction of sp³-hybridized carbons (Fsp3) is 0.500. The molecule has 24 heavy (non-hydrogen) atoms. The van der Waals surface area contributed by atoms with E-state index in [1.807, 2.05) is 26.0 Å². The van der Waals surface area contributed by atoms with Crippen LogP contribution in [0.5, 0.6) is 0 Å². The largest absolute Gasteiger partial charge is 0.478 e. The number of hydrogen-bond acceptors (Lipinski definition) is 5. The van der Waals surface area contributed by atoms with Gasteiger partial charge in [0.2, 0.25) is 5.89 Å². The third-order valence-electron chi connectivity index (χ3n) is 4.43. The van der Waals surface area contributed by atoms with Crippen LogP contribution >= 0.6 is 0 Å². The first-order valence-corrected chi connectivity index (χ1v) is 8.41. The van der Waals surface area contributed by atoms with E-state index in [1.54, 1.807) is 12.1 Å². The van der Waals surface area contributed by atoms with Gasteiger partial charge < -0.3 is 9.63 Å². The highest BCUT2D eigenvalue weighted by Gasteiger charge is 2.25. The molecule has 1 aliphatic heterocycles. The highest BCUT2D eigenvalue weighted by molar-refractivity contribution is 5.87. The molecule has 6 heteroatoms. The minimum atomic E-state index is -0.891. The number of carbonyl (C=O) groups is 1. The lowest BCUT2D eigenvalue weighted by molar-refractivity contribution is 0.0697. The quantitative estimate of drug-likeness (QED) is 0.907. The summed E-state index contributed by atoms with van der Waals surface area (Å²) in [5.74, 6) is 1.17. The first kappa shape index (κ1) is 16.6. The Morgan fingerprint density at radius 2 is 2.12 bits per heavy atom. The fourth-order valence-corrected chi connectivity index (χ4v) is 3.07. The summed E-state index contributed by atoms with van der Waals surface area (Å²) < 4.78 is 5.33. The number of rotatable bonds is 5. The van der Waals surface area contributed by atoms with Crippen molar-refractivity contribution in [1.29, 1.82) is 0 Å². The third kappa shape index (κ3) is 3.82. The number of piperidine rings is 1. The minimum absolute atomic E-state index is 0.249. The molecule has 6 nitrogen and oxygen atoms in total. The average molecular weight is 329 g/mol. The third-order valence-corrected chi connectivity index (χ3v) is 4.43. The Kier molecular flexibility index (Phi) is 4.94. The molecule has 0 aliphatic carbocycles. The van der Waals surface area contributed by atoms with Gasteiger partial charge in [0.25, 0.3) is 0 Å². The summed E-state index contributed by atoms with van der Waals surface area (Å²) in [4.78, 5) is 17.8. The number of likely N-dealkylation sites (tertiary alicyclic amines) is 1. The van der Waals surface area contributed by atoms with Crippen LogP contribution in [0.2, 0.25) is 0 Å². The maximum absolute atomic E-state index is 10.9. The van der Waals surface area contributed by atoms with Gasteiger partial charge in [-0.05, 0) is 37.1 Å². The van der Waals surface area contributed by atoms with Gasteiger partial charge >= 0.3 is 5.97 Å². The SMILES string of the molecule is CC(C)c1nc(C2CCCN(Cc3ccc(C(=O)O)cc3)C2)no1. The molecule has 0 spiro atoms. The van der Waals surface area contributed by atoms with Crippen molar-refractivity contribution >= 4 is 5.97 Å². The Labute approximate surface area is 141 Å². The summed E-state index contributed by atoms with van der Waals surface area (Å²) in [6.45, 7) is 6.84. The topological polar surface area (TPSA) is 79.5 Å². The van der Waals surface area contributed by atoms with Crippen LogP contribution < -0.4 is 0 Å². The molecule has 1 aromatic heterocycles. The Morgan fingerprint density at radius 1 is 1.38 bits per heavy atom. The van der Waals surface area contributed by atoms with Crippen molar-refractivity contribution in [2.45, 2.75) is 45.1 Å². The second-order valence-corrected chi connectivity index (χ2v) is 6.72. The molecule has 1 aromatic carbocycles. The summed E-state index contributed by atoms with van der Waals surface area (Å²) >= 11 is 0. The van der Waals surface area contributed by atoms with Crippen molar-refractivity contribution in [2.24, 2.45) is 0 Å². The maximum atomic E-state index is 10.9. The summed E-state index contributed by atoms with van der Waals surface area (Å²) in [6.07, 6.45) is 2.18. The molecule has 0 saturated carbocycles. The summed E-state index contributed by atoms with van der Waals surface area (Å²) in [7, 11) is 0. The van der Waals surface area contributed by atoms with E-state index in [-0.39, 0.29) is 5.92 Å². The molecule has 128 valence electrons. The minimum Gasteiger partial charge on any atom is -0.478 e. The van der Waals surface area contributed by atoms with Gasteiger partial charge in [-0.1, -0.05) is 31.1 Å². The molecular formula is C18H23N3O3. The van der Waals surface area contributed by atoms with Crippen LogP contribution in [0.1, 0.15) is 66.2 Å². The van der Waals surface area contributed by atoms with E-state index < -0.39 is 5.97 Å². The smallest absolute Gasteiger partial charge is 0.335 e. The lowest BCUT2D eigenvalue weighted by Gasteiger charge is -2.31. The second-order valence-electron chi connectivity index (χ2n) is 6.72. The van der Waals surface area contributed by atoms with Crippen molar-refractivity contribution in [1.82, 2.24) is 15.0 Å². The number of hydrogen-bond donors (Lipinski definition) is 1. The van der Waals surface area contributed by atoms with E-state index in [0.29, 0.717) is 17.4 Å². The molecule has 1 fully saturated rings. The monoisotopic (exact) mass is 329 g/mol. The van der Waals surface area contributed by atoms with Crippen LogP contribution in [-0.4, -0.2) is 39.2 Å². The lowest BCUT2D eigenvalue weighted by atomic mass is 9.97. The van der Waals surface area contributed by atoms with Gasteiger partial charge in [-0.3, -0.25) is 4.90 Å². The van der Waals surface area contributed by atoms with Crippen LogP contribution in [-0.2, 0) is 6.54 Å². The van der Waals surface area contributed by atoms with Crippen LogP contribution in [0.15, 0.2) is 28.8 Å². The number of carboxylic acids is 1. The molecule has 1 saturated heterocycles. The summed E-state index contributed by atoms with van der Waals surface area (Å²) in [6, 6.07) is 7.09. The van der Waals surface area contributed by atoms with Crippen molar-refractivity contribution in [3.63, 3.8) is 0 Å². The number of aromatic carboxylic acids is 1. The molecular weight excluding hydrogens is 306 g/mol. The van der Waals surface area contributed by atoms with Gasteiger partial charge in [0.15, 0.2) is 5.82 Å². The van der Waals surface area contributed by atoms with Crippen molar-refractivity contribution in [3.8, 4) is 0 Å². The van der Waals surface area contributed by atoms with Gasteiger partial charge in [-0.25, -0.2) is 4.79 Å². The Hall–Kier alpha value is -2.21. The molecule has 0 bridgehead atoms. The normalized spacial score (nSPS) is 18.9. The van der Waals surface area contributed by atoms with Crippen molar-refractivity contribution in [2.75, 3.05) is 13.1 Å². The lowest BCUT2D eigenvalue weighted by Crippen LogP contribution is -2.34. The number of benzene rings is 1. The molecule has 0 amide bonds. The highest BCUT2D eigenvalue weighted by Crippen LogP contribution is 2.27. The highest BCUT2D eigenvalue weighted by atomic mass is 16.5. The number of nitrogens with zero attached hydrogens (tertiary/aromatic N) is 3. The van der Waals surface area contributed by atoms with Gasteiger partial charge in [0, 0.05) is 24.9 Å². The van der Waals surface area contributed by atoms with E-state index in [4.69, 9.17) is 9.63 Å². The zero-order valence-corrected chi connectivity index (χ0v) is 14.1. The molecule has 2 heterocycles. The van der Waals surface area contributed by atoms with Crippen molar-refractivity contribution < 1.29 is 14.4 Å². The first-order chi connectivity index (χ1) is 11.5. The van der Waals surface area contributed by atoms with E-state index in [2.05, 4.69) is 15.0 Å². The number of aromatic nitrogens is 2. The van der Waals surface area contributed by atoms with Gasteiger partial charge in [-0.2, -0.15) is 4.98 Å². The van der Waals surface area contributed by atoms with E-state index in [0.717, 1.165) is 43.9 Å². The van der Waals surface area contributed by atoms with Crippen LogP contribution in [0.4, 0.5) is 0 Å². The second kappa shape index (κ2) is 7.13. The first-order valence-electron chi connectivity index (χ1n) is 8.41. The van der Waals surface area contributed by atoms with Gasteiger partial charge in [-0.15, -0.1) is 0 Å². The zero-order valence-electron chi connectivity index (χ0n) is 14.1. The van der Waals surface area contributed by atoms with E-state index in [9.17, 15) is 4.79 Å². The van der Waals surface area contributed by atoms with Gasteiger partial charge in [0.05, 0.1) is 5.56 Å². The van der Waals surface area contributed by atoms with Crippen molar-refractivity contribution in [3.05, 3.63) is 47.1 Å². The Morgan fingerprint density at radius 3 is 2.75 bits per heavy atom. The van der Waals surface area contributed by atoms with Crippen LogP contribution in [0.25, 0.3) is 0 Å². The maximum Gasteiger partial charge on any atom is 0.335 e. The van der Waals surface area contributed by atoms with E-state index >= 15 is 0 Å². The Bertz CT molecular complexity index is 694. The molecule has 1 atom stereocenters. The van der Waals surface area contributed by atoms with Gasteiger partial charge in [0.1, 0.15) is 0 Å². The fourth-order valence-electron chi connectivity index (χ4n) is 3.07. The average Bonchev–Trinajstić information content (AvgIpc) is 3.06. The van der Waals surface area contributed by atoms with Crippen LogP contribution in [0, 0.1) is 0 Å². The predicted molar refractivity (Wildman–Crippen MR) is 89.0 cm³/mol. The zero-order chi connectivity index (χ0) is 17.1. The molecule has 1 unspecified atom stereocenters. The molecule has 0 radical (unpaired) electrons. The number of carboxylic acid groups (broad SMARTS) is 1. The van der Waals surface area contributed by atoms with Crippen LogP contribution in [0.3, 0.4) is 0 Å². The summed E-state index contributed by atoms with van der Waals surface area (Å²) in [5, 5.41) is 13.1. The molecule has 1 N–H and O–H groups in total. The molecule has 2 aromatic rings. The standard InChI is InChI=1S/C18H23N3O3/c1-12(2)17-19-16(20-24-17)15-4-3-9-21(11-15)10-13-5-7-14(8-6-13)18(22)23/h5-8,12,15H,3-4,9-11H2,1-2H3,(H,22,23).